The van der Waals surface area contributed by atoms with Crippen molar-refractivity contribution in [1.29, 1.82) is 0 Å². The normalized spacial score (nSPS) is 12.3. The van der Waals surface area contributed by atoms with Gasteiger partial charge >= 0.3 is 12.1 Å². The van der Waals surface area contributed by atoms with E-state index >= 15 is 0 Å². The summed E-state index contributed by atoms with van der Waals surface area (Å²) < 4.78 is 9.86. The van der Waals surface area contributed by atoms with Gasteiger partial charge in [-0.1, -0.05) is 18.2 Å². The molecule has 0 radical (unpaired) electrons. The Hall–Kier alpha value is -3.03. The molecule has 0 spiro atoms. The smallest absolute Gasteiger partial charge is 0.408 e. The number of hydrogen-bond acceptors (Lipinski definition) is 5. The first-order valence-corrected chi connectivity index (χ1v) is 8.58. The van der Waals surface area contributed by atoms with Gasteiger partial charge in [0.15, 0.2) is 0 Å². The van der Waals surface area contributed by atoms with Gasteiger partial charge in [0.2, 0.25) is 5.91 Å². The van der Waals surface area contributed by atoms with E-state index in [0.717, 1.165) is 16.5 Å². The fourth-order valence-corrected chi connectivity index (χ4v) is 2.57. The van der Waals surface area contributed by atoms with E-state index in [1.807, 2.05) is 24.3 Å². The summed E-state index contributed by atoms with van der Waals surface area (Å²) in [5.74, 6) is -1.08. The van der Waals surface area contributed by atoms with Crippen molar-refractivity contribution in [1.82, 2.24) is 15.6 Å². The Bertz CT molecular complexity index is 822. The van der Waals surface area contributed by atoms with Crippen LogP contribution in [-0.4, -0.2) is 48.3 Å². The highest BCUT2D eigenvalue weighted by atomic mass is 16.6. The number of carbonyl (C=O) groups is 3. The number of fused-ring (bicyclic) bond motifs is 1. The molecular formula is C19H25N3O5. The molecule has 0 aliphatic rings. The number of benzene rings is 1. The second-order valence-electron chi connectivity index (χ2n) is 7.06. The number of ether oxygens (including phenoxy) is 2. The van der Waals surface area contributed by atoms with E-state index in [0.29, 0.717) is 0 Å². The number of amides is 2. The zero-order valence-electron chi connectivity index (χ0n) is 15.9. The molecule has 1 aromatic heterocycles. The number of carbonyl (C=O) groups excluding carboxylic acids is 3. The highest BCUT2D eigenvalue weighted by Gasteiger charge is 2.24. The maximum absolute atomic E-state index is 12.1. The molecule has 0 unspecified atom stereocenters. The van der Waals surface area contributed by atoms with Crippen molar-refractivity contribution in [2.24, 2.45) is 0 Å². The predicted molar refractivity (Wildman–Crippen MR) is 100 cm³/mol. The van der Waals surface area contributed by atoms with E-state index in [9.17, 15) is 14.4 Å². The second-order valence-corrected chi connectivity index (χ2v) is 7.06. The Kier molecular flexibility index (Phi) is 6.44. The van der Waals surface area contributed by atoms with Crippen LogP contribution in [0.25, 0.3) is 10.9 Å². The van der Waals surface area contributed by atoms with Gasteiger partial charge in [-0.2, -0.15) is 0 Å². The molecule has 8 nitrogen and oxygen atoms in total. The highest BCUT2D eigenvalue weighted by Crippen LogP contribution is 2.19. The number of alkyl carbamates (subject to hydrolysis) is 1. The lowest BCUT2D eigenvalue weighted by atomic mass is 10.0. The molecule has 2 rings (SSSR count). The minimum Gasteiger partial charge on any atom is -0.467 e. The fourth-order valence-electron chi connectivity index (χ4n) is 2.57. The number of nitrogens with one attached hydrogen (secondary N) is 3. The van der Waals surface area contributed by atoms with Gasteiger partial charge in [-0.15, -0.1) is 0 Å². The maximum Gasteiger partial charge on any atom is 0.408 e. The first-order chi connectivity index (χ1) is 12.7. The molecule has 2 amide bonds. The maximum atomic E-state index is 12.1. The Labute approximate surface area is 157 Å². The molecular weight excluding hydrogens is 350 g/mol. The zero-order chi connectivity index (χ0) is 20.0. The average molecular weight is 375 g/mol. The SMILES string of the molecule is COC(=O)[C@H](Cc1c[nH]c2ccccc12)NC(=O)CNC(=O)OC(C)(C)C. The lowest BCUT2D eigenvalue weighted by Gasteiger charge is -2.20. The Morgan fingerprint density at radius 2 is 1.89 bits per heavy atom. The van der Waals surface area contributed by atoms with E-state index in [2.05, 4.69) is 15.6 Å². The summed E-state index contributed by atoms with van der Waals surface area (Å²) in [6, 6.07) is 6.79. The summed E-state index contributed by atoms with van der Waals surface area (Å²) in [5, 5.41) is 5.91. The van der Waals surface area contributed by atoms with Crippen LogP contribution in [0.5, 0.6) is 0 Å². The molecule has 27 heavy (non-hydrogen) atoms. The van der Waals surface area contributed by atoms with Crippen molar-refractivity contribution in [2.45, 2.75) is 38.8 Å². The van der Waals surface area contributed by atoms with Crippen LogP contribution in [0.3, 0.4) is 0 Å². The largest absolute Gasteiger partial charge is 0.467 e. The average Bonchev–Trinajstić information content (AvgIpc) is 3.00. The number of hydrogen-bond donors (Lipinski definition) is 3. The summed E-state index contributed by atoms with van der Waals surface area (Å²) in [5.41, 5.74) is 1.15. The molecule has 1 atom stereocenters. The van der Waals surface area contributed by atoms with E-state index in [1.165, 1.54) is 7.11 Å². The van der Waals surface area contributed by atoms with Crippen LogP contribution >= 0.6 is 0 Å². The number of para-hydroxylation sites is 1. The van der Waals surface area contributed by atoms with E-state index < -0.39 is 29.6 Å². The first-order valence-electron chi connectivity index (χ1n) is 8.58. The molecule has 0 fully saturated rings. The summed E-state index contributed by atoms with van der Waals surface area (Å²) in [7, 11) is 1.26. The lowest BCUT2D eigenvalue weighted by molar-refractivity contribution is -0.144. The molecule has 0 bridgehead atoms. The summed E-state index contributed by atoms with van der Waals surface area (Å²) in [6.45, 7) is 4.86. The van der Waals surface area contributed by atoms with Gasteiger partial charge < -0.3 is 25.1 Å². The Balaban J connectivity index is 1.99. The standard InChI is InChI=1S/C19H25N3O5/c1-19(2,3)27-18(25)21-11-16(23)22-15(17(24)26-4)9-12-10-20-14-8-6-5-7-13(12)14/h5-8,10,15,20H,9,11H2,1-4H3,(H,21,25)(H,22,23)/t15-/m0/s1. The molecule has 1 aromatic carbocycles. The Morgan fingerprint density at radius 3 is 2.56 bits per heavy atom. The van der Waals surface area contributed by atoms with Crippen LogP contribution in [-0.2, 0) is 25.5 Å². The third kappa shape index (κ3) is 6.02. The van der Waals surface area contributed by atoms with E-state index in [1.54, 1.807) is 27.0 Å². The van der Waals surface area contributed by atoms with Crippen molar-refractivity contribution in [3.63, 3.8) is 0 Å². The van der Waals surface area contributed by atoms with Crippen LogP contribution in [0.1, 0.15) is 26.3 Å². The van der Waals surface area contributed by atoms with Crippen LogP contribution in [0.4, 0.5) is 4.79 Å². The predicted octanol–water partition coefficient (Wildman–Crippen LogP) is 1.89. The van der Waals surface area contributed by atoms with E-state index in [4.69, 9.17) is 9.47 Å². The molecule has 3 N–H and O–H groups in total. The van der Waals surface area contributed by atoms with Crippen molar-refractivity contribution in [3.05, 3.63) is 36.0 Å². The molecule has 0 aliphatic heterocycles. The van der Waals surface area contributed by atoms with Crippen LogP contribution in [0.15, 0.2) is 30.5 Å². The van der Waals surface area contributed by atoms with Gasteiger partial charge in [0, 0.05) is 23.5 Å². The lowest BCUT2D eigenvalue weighted by Crippen LogP contribution is -2.47. The quantitative estimate of drug-likeness (QED) is 0.668. The van der Waals surface area contributed by atoms with Gasteiger partial charge in [-0.25, -0.2) is 9.59 Å². The van der Waals surface area contributed by atoms with Crippen LogP contribution < -0.4 is 10.6 Å². The third-order valence-electron chi connectivity index (χ3n) is 3.71. The van der Waals surface area contributed by atoms with Crippen LogP contribution in [0, 0.1) is 0 Å². The van der Waals surface area contributed by atoms with Gasteiger partial charge in [-0.3, -0.25) is 4.79 Å². The zero-order valence-corrected chi connectivity index (χ0v) is 15.9. The first kappa shape index (κ1) is 20.3. The second kappa shape index (κ2) is 8.57. The van der Waals surface area contributed by atoms with Gasteiger partial charge in [0.1, 0.15) is 18.2 Å². The number of rotatable bonds is 6. The molecule has 1 heterocycles. The van der Waals surface area contributed by atoms with Gasteiger partial charge in [-0.05, 0) is 32.4 Å². The number of esters is 1. The van der Waals surface area contributed by atoms with Gasteiger partial charge in [0.25, 0.3) is 0 Å². The topological polar surface area (TPSA) is 110 Å². The molecule has 0 saturated heterocycles. The van der Waals surface area contributed by atoms with Crippen molar-refractivity contribution in [2.75, 3.05) is 13.7 Å². The van der Waals surface area contributed by atoms with Crippen molar-refractivity contribution >= 4 is 28.9 Å². The molecule has 2 aromatic rings. The highest BCUT2D eigenvalue weighted by molar-refractivity contribution is 5.88. The Morgan fingerprint density at radius 1 is 1.19 bits per heavy atom. The summed E-state index contributed by atoms with van der Waals surface area (Å²) >= 11 is 0. The van der Waals surface area contributed by atoms with Gasteiger partial charge in [0.05, 0.1) is 7.11 Å². The number of methoxy groups -OCH3 is 1. The number of aromatic amines is 1. The number of aromatic nitrogens is 1. The van der Waals surface area contributed by atoms with E-state index in [-0.39, 0.29) is 13.0 Å². The fraction of sp³-hybridized carbons (Fsp3) is 0.421. The summed E-state index contributed by atoms with van der Waals surface area (Å²) in [4.78, 5) is 39.0. The minimum absolute atomic E-state index is 0.259. The van der Waals surface area contributed by atoms with Crippen molar-refractivity contribution in [3.8, 4) is 0 Å². The molecule has 0 saturated carbocycles. The third-order valence-corrected chi connectivity index (χ3v) is 3.71. The molecule has 0 aliphatic carbocycles. The number of H-pyrrole nitrogens is 1. The monoisotopic (exact) mass is 375 g/mol. The van der Waals surface area contributed by atoms with Crippen LogP contribution in [0.2, 0.25) is 0 Å². The minimum atomic E-state index is -0.873. The summed E-state index contributed by atoms with van der Waals surface area (Å²) in [6.07, 6.45) is 1.35. The molecule has 146 valence electrons. The van der Waals surface area contributed by atoms with Crippen molar-refractivity contribution < 1.29 is 23.9 Å². The molecule has 8 heteroatoms.